The van der Waals surface area contributed by atoms with Crippen molar-refractivity contribution in [2.75, 3.05) is 6.54 Å². The highest BCUT2D eigenvalue weighted by Crippen LogP contribution is 2.33. The Bertz CT molecular complexity index is 214. The van der Waals surface area contributed by atoms with Crippen molar-refractivity contribution in [2.45, 2.75) is 32.0 Å². The third kappa shape index (κ3) is 2.74. The minimum Gasteiger partial charge on any atom is -0.760 e. The molecule has 5 atom stereocenters. The summed E-state index contributed by atoms with van der Waals surface area (Å²) in [5.41, 5.74) is 0. The van der Waals surface area contributed by atoms with E-state index in [1.54, 1.807) is 0 Å². The van der Waals surface area contributed by atoms with Crippen LogP contribution in [-0.2, 0) is 11.3 Å². The van der Waals surface area contributed by atoms with Crippen molar-refractivity contribution in [3.05, 3.63) is 0 Å². The smallest absolute Gasteiger partial charge is 0.0842 e. The topological polar surface area (TPSA) is 92.6 Å². The highest BCUT2D eigenvalue weighted by Gasteiger charge is 2.39. The molecule has 0 bridgehead atoms. The number of hydrogen-bond acceptors (Lipinski definition) is 4. The molecule has 0 aromatic rings. The van der Waals surface area contributed by atoms with E-state index in [-0.39, 0.29) is 18.4 Å². The maximum Gasteiger partial charge on any atom is 0.0842 e. The average molecular weight is 222 g/mol. The first-order valence-corrected chi connectivity index (χ1v) is 5.82. The molecule has 5 nitrogen and oxygen atoms in total. The Hall–Kier alpha value is -0.0100. The second kappa shape index (κ2) is 5.18. The highest BCUT2D eigenvalue weighted by molar-refractivity contribution is 7.77. The van der Waals surface area contributed by atoms with Gasteiger partial charge in [0.05, 0.1) is 12.2 Å². The van der Waals surface area contributed by atoms with Crippen LogP contribution in [0.5, 0.6) is 0 Å². The predicted octanol–water partition coefficient (Wildman–Crippen LogP) is -0.862. The molecule has 14 heavy (non-hydrogen) atoms. The molecule has 0 aromatic heterocycles. The zero-order valence-electron chi connectivity index (χ0n) is 8.05. The van der Waals surface area contributed by atoms with Gasteiger partial charge in [-0.2, -0.15) is 0 Å². The zero-order chi connectivity index (χ0) is 10.7. The largest absolute Gasteiger partial charge is 0.760 e. The Kier molecular flexibility index (Phi) is 4.46. The van der Waals surface area contributed by atoms with E-state index >= 15 is 0 Å². The second-order valence-electron chi connectivity index (χ2n) is 3.73. The molecule has 0 aliphatic heterocycles. The van der Waals surface area contributed by atoms with Gasteiger partial charge < -0.3 is 14.8 Å². The van der Waals surface area contributed by atoms with Crippen molar-refractivity contribution >= 4 is 11.3 Å². The van der Waals surface area contributed by atoms with Crippen molar-refractivity contribution in [2.24, 2.45) is 11.8 Å². The first-order chi connectivity index (χ1) is 6.56. The number of hydrogen-bond donors (Lipinski definition) is 3. The van der Waals surface area contributed by atoms with E-state index < -0.39 is 23.5 Å². The van der Waals surface area contributed by atoms with Gasteiger partial charge in [0.1, 0.15) is 0 Å². The van der Waals surface area contributed by atoms with Crippen LogP contribution in [0.25, 0.3) is 0 Å². The van der Waals surface area contributed by atoms with Gasteiger partial charge in [-0.25, -0.2) is 4.72 Å². The average Bonchev–Trinajstić information content (AvgIpc) is 2.41. The van der Waals surface area contributed by atoms with Gasteiger partial charge in [-0.1, -0.05) is 13.3 Å². The molecule has 0 amide bonds. The summed E-state index contributed by atoms with van der Waals surface area (Å²) in [6.45, 7) is 2.15. The third-order valence-corrected chi connectivity index (χ3v) is 3.31. The lowest BCUT2D eigenvalue weighted by Crippen LogP contribution is -2.33. The minimum atomic E-state index is -2.29. The van der Waals surface area contributed by atoms with Crippen LogP contribution in [0.1, 0.15) is 19.8 Å². The van der Waals surface area contributed by atoms with Gasteiger partial charge in [0, 0.05) is 23.7 Å². The number of aliphatic hydroxyl groups excluding tert-OH is 2. The van der Waals surface area contributed by atoms with Crippen molar-refractivity contribution < 1.29 is 19.0 Å². The fourth-order valence-corrected chi connectivity index (χ4v) is 2.36. The van der Waals surface area contributed by atoms with E-state index in [2.05, 4.69) is 4.72 Å². The van der Waals surface area contributed by atoms with Gasteiger partial charge >= 0.3 is 0 Å². The molecule has 1 fully saturated rings. The van der Waals surface area contributed by atoms with Crippen LogP contribution in [0.2, 0.25) is 0 Å². The molecular weight excluding hydrogens is 206 g/mol. The molecule has 5 unspecified atom stereocenters. The quantitative estimate of drug-likeness (QED) is 0.539. The molecule has 3 N–H and O–H groups in total. The molecular formula is C8H16NO4S-. The Morgan fingerprint density at radius 1 is 1.43 bits per heavy atom. The molecule has 0 radical (unpaired) electrons. The summed E-state index contributed by atoms with van der Waals surface area (Å²) < 4.78 is 22.7. The SMILES string of the molecule is CCC1CC(CNS(=O)[O-])C(O)C1O. The molecule has 0 spiro atoms. The zero-order valence-corrected chi connectivity index (χ0v) is 8.87. The molecule has 1 rings (SSSR count). The van der Waals surface area contributed by atoms with E-state index in [9.17, 15) is 19.0 Å². The van der Waals surface area contributed by atoms with Crippen LogP contribution >= 0.6 is 0 Å². The number of aliphatic hydroxyl groups is 2. The van der Waals surface area contributed by atoms with Crippen molar-refractivity contribution in [1.82, 2.24) is 4.72 Å². The van der Waals surface area contributed by atoms with Crippen LogP contribution in [0.4, 0.5) is 0 Å². The minimum absolute atomic E-state index is 0.0805. The molecule has 0 saturated heterocycles. The Labute approximate surface area is 85.9 Å². The van der Waals surface area contributed by atoms with Crippen molar-refractivity contribution in [3.63, 3.8) is 0 Å². The van der Waals surface area contributed by atoms with Crippen LogP contribution in [0, 0.1) is 11.8 Å². The van der Waals surface area contributed by atoms with Crippen LogP contribution in [0.15, 0.2) is 0 Å². The first kappa shape index (κ1) is 12.1. The monoisotopic (exact) mass is 222 g/mol. The van der Waals surface area contributed by atoms with Gasteiger partial charge in [0.15, 0.2) is 0 Å². The summed E-state index contributed by atoms with van der Waals surface area (Å²) >= 11 is -2.29. The summed E-state index contributed by atoms with van der Waals surface area (Å²) in [6, 6.07) is 0. The number of nitrogens with one attached hydrogen (secondary N) is 1. The van der Waals surface area contributed by atoms with Gasteiger partial charge in [-0.05, 0) is 12.3 Å². The lowest BCUT2D eigenvalue weighted by atomic mass is 10.0. The fourth-order valence-electron chi connectivity index (χ4n) is 2.01. The second-order valence-corrected chi connectivity index (χ2v) is 4.49. The lowest BCUT2D eigenvalue weighted by molar-refractivity contribution is 0.00433. The fraction of sp³-hybridized carbons (Fsp3) is 1.00. The molecule has 1 aliphatic rings. The maximum atomic E-state index is 10.2. The van der Waals surface area contributed by atoms with Crippen molar-refractivity contribution in [1.29, 1.82) is 0 Å². The van der Waals surface area contributed by atoms with Crippen molar-refractivity contribution in [3.8, 4) is 0 Å². The summed E-state index contributed by atoms with van der Waals surface area (Å²) in [5.74, 6) is -0.0928. The molecule has 6 heteroatoms. The van der Waals surface area contributed by atoms with E-state index in [0.29, 0.717) is 6.42 Å². The van der Waals surface area contributed by atoms with Gasteiger partial charge in [0.2, 0.25) is 0 Å². The van der Waals surface area contributed by atoms with E-state index in [1.165, 1.54) is 0 Å². The summed E-state index contributed by atoms with van der Waals surface area (Å²) in [4.78, 5) is 0. The van der Waals surface area contributed by atoms with E-state index in [0.717, 1.165) is 6.42 Å². The molecule has 1 aliphatic carbocycles. The normalized spacial score (nSPS) is 40.0. The first-order valence-electron chi connectivity index (χ1n) is 4.75. The predicted molar refractivity (Wildman–Crippen MR) is 50.8 cm³/mol. The van der Waals surface area contributed by atoms with Crippen LogP contribution in [-0.4, -0.2) is 37.7 Å². The molecule has 0 heterocycles. The molecule has 84 valence electrons. The Morgan fingerprint density at radius 2 is 2.00 bits per heavy atom. The summed E-state index contributed by atoms with van der Waals surface area (Å²) in [7, 11) is 0. The Morgan fingerprint density at radius 3 is 2.43 bits per heavy atom. The summed E-state index contributed by atoms with van der Waals surface area (Å²) in [6.07, 6.45) is -0.0546. The maximum absolute atomic E-state index is 10.2. The standard InChI is InChI=1S/C8H17NO4S/c1-2-5-3-6(4-9-14(12)13)8(11)7(5)10/h5-11H,2-4H2,1H3,(H,12,13)/p-1. The highest BCUT2D eigenvalue weighted by atomic mass is 32.2. The van der Waals surface area contributed by atoms with Gasteiger partial charge in [-0.15, -0.1) is 0 Å². The number of rotatable bonds is 4. The Balaban J connectivity index is 2.44. The summed E-state index contributed by atoms with van der Waals surface area (Å²) in [5, 5.41) is 19.1. The van der Waals surface area contributed by atoms with Crippen LogP contribution < -0.4 is 4.72 Å². The molecule has 0 aromatic carbocycles. The lowest BCUT2D eigenvalue weighted by Gasteiger charge is -2.17. The molecule has 1 saturated carbocycles. The van der Waals surface area contributed by atoms with E-state index in [4.69, 9.17) is 0 Å². The third-order valence-electron chi connectivity index (χ3n) is 2.91. The van der Waals surface area contributed by atoms with E-state index in [1.807, 2.05) is 6.92 Å². The van der Waals surface area contributed by atoms with Crippen LogP contribution in [0.3, 0.4) is 0 Å². The van der Waals surface area contributed by atoms with Gasteiger partial charge in [-0.3, -0.25) is 4.21 Å². The van der Waals surface area contributed by atoms with Gasteiger partial charge in [0.25, 0.3) is 0 Å².